The lowest BCUT2D eigenvalue weighted by Gasteiger charge is -2.26. The number of amides is 2. The van der Waals surface area contributed by atoms with Crippen LogP contribution in [-0.2, 0) is 17.6 Å². The summed E-state index contributed by atoms with van der Waals surface area (Å²) in [6.45, 7) is 2.33. The Balaban J connectivity index is 1.48. The van der Waals surface area contributed by atoms with Crippen LogP contribution in [0.3, 0.4) is 0 Å². The molecule has 0 saturated carbocycles. The number of aryl methyl sites for hydroxylation is 2. The summed E-state index contributed by atoms with van der Waals surface area (Å²) in [6, 6.07) is 3.85. The van der Waals surface area contributed by atoms with Gasteiger partial charge in [0.2, 0.25) is 0 Å². The van der Waals surface area contributed by atoms with E-state index in [9.17, 15) is 9.59 Å². The molecule has 144 valence electrons. The number of hydrogen-bond acceptors (Lipinski definition) is 5. The zero-order chi connectivity index (χ0) is 18.6. The van der Waals surface area contributed by atoms with Crippen molar-refractivity contribution in [1.29, 1.82) is 0 Å². The van der Waals surface area contributed by atoms with Crippen molar-refractivity contribution >= 4 is 39.5 Å². The highest BCUT2D eigenvalue weighted by atomic mass is 32.1. The molecule has 2 aliphatic rings. The lowest BCUT2D eigenvalue weighted by Crippen LogP contribution is -2.40. The number of hydrogen-bond donors (Lipinski definition) is 1. The van der Waals surface area contributed by atoms with E-state index in [0.717, 1.165) is 17.7 Å². The van der Waals surface area contributed by atoms with Gasteiger partial charge in [0.1, 0.15) is 5.00 Å². The van der Waals surface area contributed by atoms with Gasteiger partial charge in [0, 0.05) is 18.0 Å². The van der Waals surface area contributed by atoms with Gasteiger partial charge in [0.15, 0.2) is 0 Å². The number of fused-ring (bicyclic) bond motifs is 1. The van der Waals surface area contributed by atoms with Crippen LogP contribution in [0.5, 0.6) is 0 Å². The first kappa shape index (κ1) is 18.7. The van der Waals surface area contributed by atoms with E-state index >= 15 is 0 Å². The molecule has 4 rings (SSSR count). The lowest BCUT2D eigenvalue weighted by atomic mass is 10.00. The molecular weight excluding hydrogens is 380 g/mol. The van der Waals surface area contributed by atoms with Gasteiger partial charge in [0.25, 0.3) is 11.8 Å². The topological polar surface area (TPSA) is 58.6 Å². The van der Waals surface area contributed by atoms with Gasteiger partial charge in [-0.05, 0) is 48.8 Å². The van der Waals surface area contributed by atoms with Crippen LogP contribution in [0.1, 0.15) is 56.2 Å². The fourth-order valence-corrected chi connectivity index (χ4v) is 5.56. The normalized spacial score (nSPS) is 17.7. The van der Waals surface area contributed by atoms with E-state index in [1.807, 2.05) is 5.38 Å². The maximum atomic E-state index is 12.8. The minimum absolute atomic E-state index is 0.0340. The third-order valence-corrected chi connectivity index (χ3v) is 7.21. The van der Waals surface area contributed by atoms with Crippen molar-refractivity contribution in [2.75, 3.05) is 31.6 Å². The molecular formula is C20H24N2O3S2. The fourth-order valence-electron chi connectivity index (χ4n) is 3.63. The lowest BCUT2D eigenvalue weighted by molar-refractivity contribution is 0.0304. The molecule has 0 spiro atoms. The van der Waals surface area contributed by atoms with Crippen LogP contribution in [0.2, 0.25) is 0 Å². The van der Waals surface area contributed by atoms with E-state index in [4.69, 9.17) is 4.74 Å². The van der Waals surface area contributed by atoms with E-state index in [0.29, 0.717) is 36.9 Å². The average molecular weight is 405 g/mol. The third-order valence-electron chi connectivity index (χ3n) is 5.14. The molecule has 1 N–H and O–H groups in total. The molecule has 7 heteroatoms. The number of anilines is 1. The van der Waals surface area contributed by atoms with Crippen LogP contribution >= 0.6 is 22.7 Å². The van der Waals surface area contributed by atoms with Gasteiger partial charge in [-0.25, -0.2) is 0 Å². The minimum atomic E-state index is -0.106. The molecule has 0 atom stereocenters. The highest BCUT2D eigenvalue weighted by molar-refractivity contribution is 7.15. The number of carbonyl (C=O) groups excluding carboxylic acids is 2. The van der Waals surface area contributed by atoms with Crippen LogP contribution < -0.4 is 5.32 Å². The standard InChI is InChI=1S/C20H24N2O3S2/c23-18(17-13-14-5-3-1-2-4-6-16(14)27-17)21-19-15(7-12-26-19)20(24)22-8-10-25-11-9-22/h7,12-13H,1-6,8-11H2,(H,21,23). The number of thiophene rings is 2. The second kappa shape index (κ2) is 8.54. The molecule has 2 amide bonds. The SMILES string of the molecule is O=C(Nc1sccc1C(=O)N1CCOCC1)c1cc2c(s1)CCCCCC2. The molecule has 1 fully saturated rings. The summed E-state index contributed by atoms with van der Waals surface area (Å²) in [5.41, 5.74) is 1.91. The third kappa shape index (κ3) is 4.25. The van der Waals surface area contributed by atoms with Crippen molar-refractivity contribution in [3.8, 4) is 0 Å². The molecule has 1 aliphatic heterocycles. The fraction of sp³-hybridized carbons (Fsp3) is 0.500. The Hall–Kier alpha value is -1.70. The van der Waals surface area contributed by atoms with Crippen LogP contribution in [0, 0.1) is 0 Å². The average Bonchev–Trinajstić information content (AvgIpc) is 3.29. The molecule has 0 unspecified atom stereocenters. The molecule has 2 aromatic heterocycles. The number of rotatable bonds is 3. The van der Waals surface area contributed by atoms with Crippen molar-refractivity contribution in [2.24, 2.45) is 0 Å². The van der Waals surface area contributed by atoms with Crippen LogP contribution in [0.25, 0.3) is 0 Å². The Kier molecular flexibility index (Phi) is 5.90. The summed E-state index contributed by atoms with van der Waals surface area (Å²) in [5, 5.41) is 5.47. The highest BCUT2D eigenvalue weighted by Gasteiger charge is 2.24. The monoisotopic (exact) mass is 404 g/mol. The predicted molar refractivity (Wildman–Crippen MR) is 109 cm³/mol. The van der Waals surface area contributed by atoms with Crippen molar-refractivity contribution in [3.05, 3.63) is 38.4 Å². The first-order valence-electron chi connectivity index (χ1n) is 9.60. The Morgan fingerprint density at radius 2 is 1.85 bits per heavy atom. The van der Waals surface area contributed by atoms with Gasteiger partial charge in [-0.2, -0.15) is 0 Å². The van der Waals surface area contributed by atoms with Gasteiger partial charge in [-0.15, -0.1) is 22.7 Å². The number of carbonyl (C=O) groups is 2. The zero-order valence-corrected chi connectivity index (χ0v) is 16.9. The smallest absolute Gasteiger partial charge is 0.266 e. The summed E-state index contributed by atoms with van der Waals surface area (Å²) in [6.07, 6.45) is 7.11. The molecule has 3 heterocycles. The summed E-state index contributed by atoms with van der Waals surface area (Å²) >= 11 is 3.01. The van der Waals surface area contributed by atoms with Gasteiger partial charge >= 0.3 is 0 Å². The molecule has 2 aromatic rings. The van der Waals surface area contributed by atoms with E-state index < -0.39 is 0 Å². The van der Waals surface area contributed by atoms with Gasteiger partial charge in [-0.3, -0.25) is 9.59 Å². The quantitative estimate of drug-likeness (QED) is 0.834. The number of ether oxygens (including phenoxy) is 1. The Labute approximate surface area is 167 Å². The first-order valence-corrected chi connectivity index (χ1v) is 11.3. The maximum Gasteiger partial charge on any atom is 0.266 e. The predicted octanol–water partition coefficient (Wildman–Crippen LogP) is 4.19. The molecule has 0 aromatic carbocycles. The molecule has 1 saturated heterocycles. The summed E-state index contributed by atoms with van der Waals surface area (Å²) in [7, 11) is 0. The van der Waals surface area contributed by atoms with E-state index in [1.165, 1.54) is 47.5 Å². The van der Waals surface area contributed by atoms with Crippen molar-refractivity contribution in [2.45, 2.75) is 38.5 Å². The number of nitrogens with one attached hydrogen (secondary N) is 1. The van der Waals surface area contributed by atoms with E-state index in [-0.39, 0.29) is 11.8 Å². The maximum absolute atomic E-state index is 12.8. The van der Waals surface area contributed by atoms with E-state index in [2.05, 4.69) is 11.4 Å². The molecule has 0 radical (unpaired) electrons. The summed E-state index contributed by atoms with van der Waals surface area (Å²) < 4.78 is 5.32. The van der Waals surface area contributed by atoms with Crippen molar-refractivity contribution in [3.63, 3.8) is 0 Å². The Morgan fingerprint density at radius 3 is 2.67 bits per heavy atom. The Bertz CT molecular complexity index is 796. The zero-order valence-electron chi connectivity index (χ0n) is 15.3. The Morgan fingerprint density at radius 1 is 1.07 bits per heavy atom. The molecule has 0 bridgehead atoms. The van der Waals surface area contributed by atoms with Crippen LogP contribution in [0.15, 0.2) is 17.5 Å². The summed E-state index contributed by atoms with van der Waals surface area (Å²) in [4.78, 5) is 29.5. The highest BCUT2D eigenvalue weighted by Crippen LogP contribution is 2.31. The molecule has 1 aliphatic carbocycles. The van der Waals surface area contributed by atoms with Crippen molar-refractivity contribution < 1.29 is 14.3 Å². The van der Waals surface area contributed by atoms with Crippen molar-refractivity contribution in [1.82, 2.24) is 4.90 Å². The van der Waals surface area contributed by atoms with E-state index in [1.54, 1.807) is 22.3 Å². The largest absolute Gasteiger partial charge is 0.378 e. The first-order chi connectivity index (χ1) is 13.2. The van der Waals surface area contributed by atoms with Crippen LogP contribution in [-0.4, -0.2) is 43.0 Å². The second-order valence-electron chi connectivity index (χ2n) is 7.00. The minimum Gasteiger partial charge on any atom is -0.378 e. The van der Waals surface area contributed by atoms with Gasteiger partial charge in [-0.1, -0.05) is 12.8 Å². The molecule has 5 nitrogen and oxygen atoms in total. The number of nitrogens with zero attached hydrogens (tertiary/aromatic N) is 1. The van der Waals surface area contributed by atoms with Crippen LogP contribution in [0.4, 0.5) is 5.00 Å². The summed E-state index contributed by atoms with van der Waals surface area (Å²) in [5.74, 6) is -0.140. The number of morpholine rings is 1. The molecule has 27 heavy (non-hydrogen) atoms. The van der Waals surface area contributed by atoms with Gasteiger partial charge < -0.3 is 15.0 Å². The van der Waals surface area contributed by atoms with Gasteiger partial charge in [0.05, 0.1) is 23.7 Å². The second-order valence-corrected chi connectivity index (χ2v) is 9.05.